The highest BCUT2D eigenvalue weighted by Crippen LogP contribution is 2.29. The normalized spacial score (nSPS) is 13.3. The van der Waals surface area contributed by atoms with E-state index in [2.05, 4.69) is 16.0 Å². The van der Waals surface area contributed by atoms with Crippen LogP contribution < -0.4 is 9.80 Å². The summed E-state index contributed by atoms with van der Waals surface area (Å²) in [6.45, 7) is 0.582. The minimum atomic E-state index is -0.282. The predicted octanol–water partition coefficient (Wildman–Crippen LogP) is 4.19. The van der Waals surface area contributed by atoms with Crippen molar-refractivity contribution in [3.63, 3.8) is 0 Å². The quantitative estimate of drug-likeness (QED) is 0.503. The van der Waals surface area contributed by atoms with Crippen LogP contribution in [0.2, 0.25) is 0 Å². The lowest BCUT2D eigenvalue weighted by atomic mass is 10.0. The second-order valence-electron chi connectivity index (χ2n) is 7.92. The Morgan fingerprint density at radius 2 is 1.97 bits per heavy atom. The maximum absolute atomic E-state index is 13.6. The molecule has 31 heavy (non-hydrogen) atoms. The fourth-order valence-electron chi connectivity index (χ4n) is 4.07. The molecule has 6 nitrogen and oxygen atoms in total. The van der Waals surface area contributed by atoms with Crippen molar-refractivity contribution in [2.75, 3.05) is 30.4 Å². The first kappa shape index (κ1) is 19.2. The molecule has 0 atom stereocenters. The highest BCUT2D eigenvalue weighted by molar-refractivity contribution is 6.05. The van der Waals surface area contributed by atoms with Gasteiger partial charge in [0.2, 0.25) is 0 Å². The van der Waals surface area contributed by atoms with Gasteiger partial charge < -0.3 is 9.80 Å². The van der Waals surface area contributed by atoms with Gasteiger partial charge in [-0.2, -0.15) is 0 Å². The zero-order chi connectivity index (χ0) is 21.5. The highest BCUT2D eigenvalue weighted by atomic mass is 19.1. The highest BCUT2D eigenvalue weighted by Gasteiger charge is 2.25. The molecule has 3 heterocycles. The van der Waals surface area contributed by atoms with Crippen LogP contribution in [0.4, 0.5) is 15.8 Å². The van der Waals surface area contributed by atoms with Gasteiger partial charge in [0.25, 0.3) is 5.91 Å². The summed E-state index contributed by atoms with van der Waals surface area (Å²) in [6, 6.07) is 12.7. The predicted molar refractivity (Wildman–Crippen MR) is 119 cm³/mol. The van der Waals surface area contributed by atoms with E-state index in [9.17, 15) is 9.18 Å². The molecule has 0 unspecified atom stereocenters. The van der Waals surface area contributed by atoms with E-state index in [0.717, 1.165) is 41.0 Å². The number of fused-ring (bicyclic) bond motifs is 2. The van der Waals surface area contributed by atoms with Crippen LogP contribution in [0.25, 0.3) is 16.9 Å². The smallest absolute Gasteiger partial charge is 0.278 e. The number of nitrogens with zero attached hydrogens (tertiary/aromatic N) is 5. The molecule has 1 aliphatic heterocycles. The number of carbonyl (C=O) groups is 1. The van der Waals surface area contributed by atoms with Gasteiger partial charge in [0.15, 0.2) is 5.65 Å². The number of imidazole rings is 1. The van der Waals surface area contributed by atoms with Gasteiger partial charge in [-0.15, -0.1) is 0 Å². The SMILES string of the molecule is CN(C)c1cccc(-c2cnc3cnc(C(=O)N4CCCc5cc(F)ccc54)cn23)c1. The van der Waals surface area contributed by atoms with E-state index in [4.69, 9.17) is 0 Å². The van der Waals surface area contributed by atoms with Gasteiger partial charge in [0, 0.05) is 43.8 Å². The van der Waals surface area contributed by atoms with Crippen LogP contribution in [0.5, 0.6) is 0 Å². The first-order valence-electron chi connectivity index (χ1n) is 10.2. The maximum Gasteiger partial charge on any atom is 0.278 e. The molecule has 1 aliphatic rings. The Morgan fingerprint density at radius 1 is 1.10 bits per heavy atom. The fourth-order valence-corrected chi connectivity index (χ4v) is 4.07. The van der Waals surface area contributed by atoms with Gasteiger partial charge in [0.1, 0.15) is 11.5 Å². The van der Waals surface area contributed by atoms with Crippen LogP contribution >= 0.6 is 0 Å². The van der Waals surface area contributed by atoms with Crippen molar-refractivity contribution >= 4 is 22.9 Å². The first-order chi connectivity index (χ1) is 15.0. The molecular formula is C24H22FN5O. The number of rotatable bonds is 3. The monoisotopic (exact) mass is 415 g/mol. The summed E-state index contributed by atoms with van der Waals surface area (Å²) in [7, 11) is 3.99. The van der Waals surface area contributed by atoms with Crippen LogP contribution in [0.1, 0.15) is 22.5 Å². The van der Waals surface area contributed by atoms with E-state index in [1.165, 1.54) is 12.1 Å². The fraction of sp³-hybridized carbons (Fsp3) is 0.208. The summed E-state index contributed by atoms with van der Waals surface area (Å²) in [4.78, 5) is 25.9. The van der Waals surface area contributed by atoms with Crippen LogP contribution in [-0.4, -0.2) is 40.9 Å². The molecular weight excluding hydrogens is 393 g/mol. The molecule has 0 radical (unpaired) electrons. The Balaban J connectivity index is 1.55. The average molecular weight is 415 g/mol. The van der Waals surface area contributed by atoms with Crippen molar-refractivity contribution < 1.29 is 9.18 Å². The number of halogens is 1. The zero-order valence-corrected chi connectivity index (χ0v) is 17.4. The topological polar surface area (TPSA) is 53.7 Å². The van der Waals surface area contributed by atoms with Crippen LogP contribution in [-0.2, 0) is 6.42 Å². The average Bonchev–Trinajstić information content (AvgIpc) is 3.21. The van der Waals surface area contributed by atoms with E-state index in [0.29, 0.717) is 17.9 Å². The number of hydrogen-bond donors (Lipinski definition) is 0. The summed E-state index contributed by atoms with van der Waals surface area (Å²) in [5, 5.41) is 0. The molecule has 2 aromatic carbocycles. The van der Waals surface area contributed by atoms with Crippen molar-refractivity contribution in [2.45, 2.75) is 12.8 Å². The van der Waals surface area contributed by atoms with E-state index >= 15 is 0 Å². The number of anilines is 2. The Hall–Kier alpha value is -3.74. The molecule has 0 saturated heterocycles. The van der Waals surface area contributed by atoms with Crippen LogP contribution in [0.3, 0.4) is 0 Å². The molecule has 1 amide bonds. The third-order valence-electron chi connectivity index (χ3n) is 5.68. The van der Waals surface area contributed by atoms with E-state index in [1.807, 2.05) is 41.6 Å². The minimum absolute atomic E-state index is 0.198. The Bertz CT molecular complexity index is 1300. The molecule has 4 aromatic rings. The summed E-state index contributed by atoms with van der Waals surface area (Å²) < 4.78 is 15.5. The number of benzene rings is 2. The van der Waals surface area contributed by atoms with Gasteiger partial charge in [-0.05, 0) is 48.7 Å². The molecule has 0 N–H and O–H groups in total. The number of carbonyl (C=O) groups excluding carboxylic acids is 1. The Kier molecular flexibility index (Phi) is 4.66. The third kappa shape index (κ3) is 3.42. The maximum atomic E-state index is 13.6. The van der Waals surface area contributed by atoms with Gasteiger partial charge in [-0.3, -0.25) is 9.20 Å². The number of aromatic nitrogens is 3. The van der Waals surface area contributed by atoms with Crippen molar-refractivity contribution in [2.24, 2.45) is 0 Å². The van der Waals surface area contributed by atoms with Crippen molar-refractivity contribution in [3.8, 4) is 11.3 Å². The number of amides is 1. The lowest BCUT2D eigenvalue weighted by molar-refractivity contribution is 0.0980. The molecule has 5 rings (SSSR count). The molecule has 2 aromatic heterocycles. The first-order valence-corrected chi connectivity index (χ1v) is 10.2. The summed E-state index contributed by atoms with van der Waals surface area (Å²) in [5.41, 5.74) is 5.57. The zero-order valence-electron chi connectivity index (χ0n) is 17.4. The van der Waals surface area contributed by atoms with Crippen molar-refractivity contribution in [1.82, 2.24) is 14.4 Å². The van der Waals surface area contributed by atoms with Crippen LogP contribution in [0.15, 0.2) is 61.1 Å². The Morgan fingerprint density at radius 3 is 2.81 bits per heavy atom. The van der Waals surface area contributed by atoms with Gasteiger partial charge >= 0.3 is 0 Å². The van der Waals surface area contributed by atoms with Gasteiger partial charge in [-0.1, -0.05) is 12.1 Å². The van der Waals surface area contributed by atoms with Crippen molar-refractivity contribution in [3.05, 3.63) is 78.1 Å². The summed E-state index contributed by atoms with van der Waals surface area (Å²) in [6.07, 6.45) is 6.69. The third-order valence-corrected chi connectivity index (χ3v) is 5.68. The molecule has 0 spiro atoms. The molecule has 0 bridgehead atoms. The summed E-state index contributed by atoms with van der Waals surface area (Å²) >= 11 is 0. The molecule has 7 heteroatoms. The second-order valence-corrected chi connectivity index (χ2v) is 7.92. The largest absolute Gasteiger partial charge is 0.378 e. The summed E-state index contributed by atoms with van der Waals surface area (Å²) in [5.74, 6) is -0.480. The molecule has 0 aliphatic carbocycles. The van der Waals surface area contributed by atoms with Gasteiger partial charge in [0.05, 0.1) is 18.1 Å². The van der Waals surface area contributed by atoms with Gasteiger partial charge in [-0.25, -0.2) is 14.4 Å². The minimum Gasteiger partial charge on any atom is -0.378 e. The molecule has 0 saturated carbocycles. The van der Waals surface area contributed by atoms with E-state index in [1.54, 1.807) is 29.6 Å². The number of aryl methyl sites for hydroxylation is 1. The lowest BCUT2D eigenvalue weighted by Crippen LogP contribution is -2.36. The number of hydrogen-bond acceptors (Lipinski definition) is 4. The molecule has 156 valence electrons. The van der Waals surface area contributed by atoms with E-state index < -0.39 is 0 Å². The van der Waals surface area contributed by atoms with Crippen LogP contribution in [0, 0.1) is 5.82 Å². The molecule has 0 fully saturated rings. The Labute approximate surface area is 179 Å². The second kappa shape index (κ2) is 7.50. The van der Waals surface area contributed by atoms with Crippen molar-refractivity contribution in [1.29, 1.82) is 0 Å². The van der Waals surface area contributed by atoms with E-state index in [-0.39, 0.29) is 11.7 Å². The lowest BCUT2D eigenvalue weighted by Gasteiger charge is -2.29. The standard InChI is InChI=1S/C24H22FN5O/c1-28(2)19-7-3-5-17(12-19)22-13-27-23-14-26-20(15-30(22)23)24(31)29-10-4-6-16-11-18(25)8-9-21(16)29/h3,5,7-9,11-15H,4,6,10H2,1-2H3.